The van der Waals surface area contributed by atoms with Gasteiger partial charge in [0.1, 0.15) is 0 Å². The number of nitrogens with one attached hydrogen (secondary N) is 3. The minimum absolute atomic E-state index is 0.132. The molecule has 0 unspecified atom stereocenters. The van der Waals surface area contributed by atoms with Crippen LogP contribution in [-0.2, 0) is 4.79 Å². The normalized spacial score (nSPS) is 25.1. The van der Waals surface area contributed by atoms with E-state index in [-0.39, 0.29) is 17.6 Å². The van der Waals surface area contributed by atoms with E-state index in [4.69, 9.17) is 5.11 Å². The Hall–Kier alpha value is -1.30. The molecule has 1 aliphatic rings. The molecular formula is C11H21N3O3. The average molecular weight is 243 g/mol. The second kappa shape index (κ2) is 5.35. The van der Waals surface area contributed by atoms with E-state index in [2.05, 4.69) is 16.0 Å². The quantitative estimate of drug-likeness (QED) is 0.555. The molecule has 1 fully saturated rings. The molecule has 1 aliphatic heterocycles. The van der Waals surface area contributed by atoms with Gasteiger partial charge in [-0.25, -0.2) is 4.79 Å². The zero-order chi connectivity index (χ0) is 13.1. The minimum atomic E-state index is -0.819. The monoisotopic (exact) mass is 243 g/mol. The predicted octanol–water partition coefficient (Wildman–Crippen LogP) is 0.147. The van der Waals surface area contributed by atoms with Crippen molar-refractivity contribution in [1.82, 2.24) is 16.0 Å². The standard InChI is InChI=1S/C11H21N3O3/c1-11(2,3)14-10(17)13-8-4-7(9(15)16)5-12-6-8/h7-8,12H,4-6H2,1-3H3,(H,15,16)(H2,13,14,17)/t7-,8+/m1/s1. The van der Waals surface area contributed by atoms with Crippen LogP contribution in [0.4, 0.5) is 4.79 Å². The van der Waals surface area contributed by atoms with Crippen molar-refractivity contribution in [2.45, 2.75) is 38.8 Å². The van der Waals surface area contributed by atoms with Gasteiger partial charge < -0.3 is 21.1 Å². The maximum atomic E-state index is 11.6. The van der Waals surface area contributed by atoms with Crippen LogP contribution in [0, 0.1) is 5.92 Å². The Labute approximate surface area is 101 Å². The third kappa shape index (κ3) is 5.04. The van der Waals surface area contributed by atoms with Crippen molar-refractivity contribution >= 4 is 12.0 Å². The molecule has 0 aliphatic carbocycles. The fourth-order valence-corrected chi connectivity index (χ4v) is 1.80. The van der Waals surface area contributed by atoms with Gasteiger partial charge in [0.25, 0.3) is 0 Å². The van der Waals surface area contributed by atoms with Gasteiger partial charge in [0.15, 0.2) is 0 Å². The number of piperidine rings is 1. The summed E-state index contributed by atoms with van der Waals surface area (Å²) in [5.41, 5.74) is -0.293. The summed E-state index contributed by atoms with van der Waals surface area (Å²) in [6, 6.07) is -0.387. The first-order chi connectivity index (χ1) is 7.78. The summed E-state index contributed by atoms with van der Waals surface area (Å²) in [6.07, 6.45) is 0.472. The summed E-state index contributed by atoms with van der Waals surface area (Å²) in [4.78, 5) is 22.5. The topological polar surface area (TPSA) is 90.5 Å². The predicted molar refractivity (Wildman–Crippen MR) is 63.8 cm³/mol. The zero-order valence-corrected chi connectivity index (χ0v) is 10.5. The Morgan fingerprint density at radius 2 is 1.94 bits per heavy atom. The number of hydrogen-bond donors (Lipinski definition) is 4. The van der Waals surface area contributed by atoms with E-state index in [9.17, 15) is 9.59 Å². The summed E-state index contributed by atoms with van der Waals surface area (Å²) in [6.45, 7) is 6.76. The highest BCUT2D eigenvalue weighted by molar-refractivity contribution is 5.75. The molecule has 1 saturated heterocycles. The lowest BCUT2D eigenvalue weighted by molar-refractivity contribution is -0.142. The first-order valence-corrected chi connectivity index (χ1v) is 5.80. The number of carbonyl (C=O) groups is 2. The van der Waals surface area contributed by atoms with Crippen molar-refractivity contribution in [3.63, 3.8) is 0 Å². The molecule has 0 aromatic carbocycles. The molecule has 0 saturated carbocycles. The third-order valence-corrected chi connectivity index (χ3v) is 2.52. The van der Waals surface area contributed by atoms with E-state index in [1.54, 1.807) is 0 Å². The van der Waals surface area contributed by atoms with Crippen molar-refractivity contribution in [2.24, 2.45) is 5.92 Å². The van der Waals surface area contributed by atoms with Gasteiger partial charge in [-0.15, -0.1) is 0 Å². The SMILES string of the molecule is CC(C)(C)NC(=O)N[C@@H]1CNC[C@H](C(=O)O)C1. The highest BCUT2D eigenvalue weighted by atomic mass is 16.4. The van der Waals surface area contributed by atoms with Crippen molar-refractivity contribution in [3.05, 3.63) is 0 Å². The highest BCUT2D eigenvalue weighted by Gasteiger charge is 2.28. The fourth-order valence-electron chi connectivity index (χ4n) is 1.80. The number of urea groups is 1. The maximum Gasteiger partial charge on any atom is 0.315 e. The van der Waals surface area contributed by atoms with Gasteiger partial charge in [0.05, 0.1) is 5.92 Å². The Morgan fingerprint density at radius 1 is 1.29 bits per heavy atom. The third-order valence-electron chi connectivity index (χ3n) is 2.52. The smallest absolute Gasteiger partial charge is 0.315 e. The molecule has 98 valence electrons. The fraction of sp³-hybridized carbons (Fsp3) is 0.818. The molecule has 1 heterocycles. The largest absolute Gasteiger partial charge is 0.481 e. The summed E-state index contributed by atoms with van der Waals surface area (Å²) >= 11 is 0. The highest BCUT2D eigenvalue weighted by Crippen LogP contribution is 2.11. The average Bonchev–Trinajstić information content (AvgIpc) is 2.14. The van der Waals surface area contributed by atoms with Gasteiger partial charge in [-0.1, -0.05) is 0 Å². The van der Waals surface area contributed by atoms with E-state index in [1.807, 2.05) is 20.8 Å². The second-order valence-corrected chi connectivity index (χ2v) is 5.47. The van der Waals surface area contributed by atoms with Crippen LogP contribution in [0.2, 0.25) is 0 Å². The van der Waals surface area contributed by atoms with Crippen LogP contribution in [0.15, 0.2) is 0 Å². The van der Waals surface area contributed by atoms with Crippen molar-refractivity contribution in [1.29, 1.82) is 0 Å². The number of carbonyl (C=O) groups excluding carboxylic acids is 1. The molecule has 2 atom stereocenters. The van der Waals surface area contributed by atoms with Gasteiger partial charge in [0, 0.05) is 24.7 Å². The lowest BCUT2D eigenvalue weighted by Crippen LogP contribution is -2.55. The molecular weight excluding hydrogens is 222 g/mol. The van der Waals surface area contributed by atoms with Crippen LogP contribution >= 0.6 is 0 Å². The lowest BCUT2D eigenvalue weighted by atomic mass is 9.96. The van der Waals surface area contributed by atoms with E-state index in [0.29, 0.717) is 19.5 Å². The molecule has 17 heavy (non-hydrogen) atoms. The number of carboxylic acids is 1. The van der Waals surface area contributed by atoms with Gasteiger partial charge in [-0.3, -0.25) is 4.79 Å². The number of amides is 2. The Balaban J connectivity index is 2.41. The summed E-state index contributed by atoms with van der Waals surface area (Å²) < 4.78 is 0. The Morgan fingerprint density at radius 3 is 2.47 bits per heavy atom. The Kier molecular flexibility index (Phi) is 4.34. The van der Waals surface area contributed by atoms with Crippen LogP contribution in [0.1, 0.15) is 27.2 Å². The molecule has 0 spiro atoms. The molecule has 0 bridgehead atoms. The van der Waals surface area contributed by atoms with Crippen LogP contribution in [0.3, 0.4) is 0 Å². The number of carboxylic acid groups (broad SMARTS) is 1. The summed E-state index contributed by atoms with van der Waals surface area (Å²) in [5.74, 6) is -1.25. The molecule has 0 aromatic rings. The molecule has 4 N–H and O–H groups in total. The maximum absolute atomic E-state index is 11.6. The first kappa shape index (κ1) is 13.8. The van der Waals surface area contributed by atoms with Crippen LogP contribution in [0.25, 0.3) is 0 Å². The van der Waals surface area contributed by atoms with Crippen molar-refractivity contribution in [3.8, 4) is 0 Å². The van der Waals surface area contributed by atoms with Crippen LogP contribution in [0.5, 0.6) is 0 Å². The molecule has 6 nitrogen and oxygen atoms in total. The van der Waals surface area contributed by atoms with E-state index in [1.165, 1.54) is 0 Å². The zero-order valence-electron chi connectivity index (χ0n) is 10.5. The Bertz CT molecular complexity index is 299. The van der Waals surface area contributed by atoms with Crippen LogP contribution in [-0.4, -0.2) is 41.8 Å². The molecule has 2 amide bonds. The molecule has 0 aromatic heterocycles. The van der Waals surface area contributed by atoms with E-state index >= 15 is 0 Å². The number of aliphatic carboxylic acids is 1. The molecule has 6 heteroatoms. The second-order valence-electron chi connectivity index (χ2n) is 5.47. The summed E-state index contributed by atoms with van der Waals surface area (Å²) in [7, 11) is 0. The van der Waals surface area contributed by atoms with Gasteiger partial charge in [0.2, 0.25) is 0 Å². The number of hydrogen-bond acceptors (Lipinski definition) is 3. The molecule has 1 rings (SSSR count). The van der Waals surface area contributed by atoms with Gasteiger partial charge >= 0.3 is 12.0 Å². The first-order valence-electron chi connectivity index (χ1n) is 5.80. The molecule has 0 radical (unpaired) electrons. The van der Waals surface area contributed by atoms with Crippen molar-refractivity contribution in [2.75, 3.05) is 13.1 Å². The van der Waals surface area contributed by atoms with Crippen LogP contribution < -0.4 is 16.0 Å². The van der Waals surface area contributed by atoms with E-state index in [0.717, 1.165) is 0 Å². The minimum Gasteiger partial charge on any atom is -0.481 e. The van der Waals surface area contributed by atoms with Crippen molar-refractivity contribution < 1.29 is 14.7 Å². The van der Waals surface area contributed by atoms with E-state index < -0.39 is 11.9 Å². The summed E-state index contributed by atoms with van der Waals surface area (Å²) in [5, 5.41) is 17.5. The lowest BCUT2D eigenvalue weighted by Gasteiger charge is -2.30. The van der Waals surface area contributed by atoms with Gasteiger partial charge in [-0.2, -0.15) is 0 Å². The number of rotatable bonds is 2. The van der Waals surface area contributed by atoms with Gasteiger partial charge in [-0.05, 0) is 27.2 Å².